The number of aliphatic carboxylic acids is 1. The zero-order chi connectivity index (χ0) is 32.1. The SMILES string of the molecule is C.CCC(=O)O.CCOC(=O)OC(C)Cl.CCOC(=O)OC(C)OC(=O)CC.CCOC(=O)OC(C)OC(=O)C[NH3+].[Cl-]. The topological polar surface area (TPSA) is 224 Å². The Balaban J connectivity index is -0.000000106. The van der Waals surface area contributed by atoms with E-state index in [4.69, 9.17) is 16.7 Å². The van der Waals surface area contributed by atoms with Gasteiger partial charge in [-0.15, -0.1) is 0 Å². The third-order valence-corrected chi connectivity index (χ3v) is 3.05. The van der Waals surface area contributed by atoms with E-state index >= 15 is 0 Å². The lowest BCUT2D eigenvalue weighted by atomic mass is 10.5. The van der Waals surface area contributed by atoms with Gasteiger partial charge in [0, 0.05) is 26.7 Å². The zero-order valence-electron chi connectivity index (χ0n) is 24.6. The Morgan fingerprint density at radius 1 is 0.643 bits per heavy atom. The number of carboxylic acid groups (broad SMARTS) is 1. The summed E-state index contributed by atoms with van der Waals surface area (Å²) in [6, 6.07) is 0. The standard InChI is InChI=1S/C8H14O5.C7H13NO5.C5H9ClO3.C3H6O2.CH4.ClH/c1-4-7(9)12-6(3)13-8(10)11-5-2;1-3-11-7(10)13-5(2)12-6(9)4-8;1-3-8-5(7)9-4(2)6;1-2-3(4)5;;/h6H,4-5H2,1-3H3;5H,3-4,8H2,1-2H3;4H,3H2,1-2H3;2H2,1H3,(H,4,5);1H4;1H. The van der Waals surface area contributed by atoms with Gasteiger partial charge in [0.25, 0.3) is 0 Å². The largest absolute Gasteiger partial charge is 1.00 e. The molecule has 0 saturated heterocycles. The smallest absolute Gasteiger partial charge is 0.511 e. The second-order valence-electron chi connectivity index (χ2n) is 6.41. The number of alkyl halides is 1. The number of esters is 2. The fraction of sp³-hybridized carbons (Fsp3) is 0.750. The minimum Gasteiger partial charge on any atom is -1.00 e. The summed E-state index contributed by atoms with van der Waals surface area (Å²) in [4.78, 5) is 62.4. The molecule has 0 aliphatic carbocycles. The van der Waals surface area contributed by atoms with Gasteiger partial charge in [-0.05, 0) is 27.7 Å². The Morgan fingerprint density at radius 2 is 0.952 bits per heavy atom. The average Bonchev–Trinajstić information content (AvgIpc) is 2.84. The van der Waals surface area contributed by atoms with Crippen molar-refractivity contribution in [1.82, 2.24) is 0 Å². The summed E-state index contributed by atoms with van der Waals surface area (Å²) < 4.78 is 36.1. The summed E-state index contributed by atoms with van der Waals surface area (Å²) in [6.45, 7) is 13.4. The average molecular weight is 661 g/mol. The Kier molecular flexibility index (Phi) is 43.9. The number of ether oxygens (including phenoxy) is 8. The Labute approximate surface area is 258 Å². The van der Waals surface area contributed by atoms with E-state index in [0.29, 0.717) is 6.61 Å². The normalized spacial score (nSPS) is 10.7. The number of quaternary nitrogens is 1. The highest BCUT2D eigenvalue weighted by molar-refractivity contribution is 6.19. The maximum atomic E-state index is 10.7. The van der Waals surface area contributed by atoms with Crippen molar-refractivity contribution in [3.05, 3.63) is 0 Å². The molecular weight excluding hydrogens is 613 g/mol. The van der Waals surface area contributed by atoms with E-state index in [9.17, 15) is 28.8 Å². The summed E-state index contributed by atoms with van der Waals surface area (Å²) in [5.74, 6) is -1.70. The quantitative estimate of drug-likeness (QED) is 0.134. The summed E-state index contributed by atoms with van der Waals surface area (Å²) >= 11 is 5.29. The molecule has 0 aromatic heterocycles. The van der Waals surface area contributed by atoms with Crippen molar-refractivity contribution in [3.8, 4) is 0 Å². The number of rotatable bonds is 11. The highest BCUT2D eigenvalue weighted by atomic mass is 35.5. The van der Waals surface area contributed by atoms with Crippen molar-refractivity contribution in [1.29, 1.82) is 0 Å². The molecule has 0 aromatic carbocycles. The highest BCUT2D eigenvalue weighted by Gasteiger charge is 2.14. The van der Waals surface area contributed by atoms with Crippen LogP contribution in [-0.2, 0) is 52.3 Å². The predicted octanol–water partition coefficient (Wildman–Crippen LogP) is 0.615. The Morgan fingerprint density at radius 3 is 1.19 bits per heavy atom. The molecule has 3 unspecified atom stereocenters. The summed E-state index contributed by atoms with van der Waals surface area (Å²) in [5.41, 5.74) is 2.69. The first-order valence-corrected chi connectivity index (χ1v) is 12.6. The van der Waals surface area contributed by atoms with Crippen LogP contribution in [0, 0.1) is 0 Å². The van der Waals surface area contributed by atoms with E-state index < -0.39 is 54.5 Å². The summed E-state index contributed by atoms with van der Waals surface area (Å²) in [7, 11) is 0. The molecule has 0 aliphatic heterocycles. The second-order valence-corrected chi connectivity index (χ2v) is 7.03. The van der Waals surface area contributed by atoms with E-state index in [1.807, 2.05) is 0 Å². The third kappa shape index (κ3) is 46.6. The zero-order valence-corrected chi connectivity index (χ0v) is 26.1. The molecule has 0 heterocycles. The van der Waals surface area contributed by atoms with Crippen LogP contribution in [-0.4, -0.2) is 86.0 Å². The molecule has 0 spiro atoms. The first-order chi connectivity index (χ1) is 18.6. The molecule has 0 fully saturated rings. The summed E-state index contributed by atoms with van der Waals surface area (Å²) in [5, 5.41) is 7.72. The summed E-state index contributed by atoms with van der Waals surface area (Å²) in [6.07, 6.45) is -3.78. The molecule has 0 aliphatic rings. The first kappa shape index (κ1) is 51.5. The van der Waals surface area contributed by atoms with Gasteiger partial charge in [0.05, 0.1) is 19.8 Å². The van der Waals surface area contributed by atoms with Gasteiger partial charge in [-0.2, -0.15) is 0 Å². The van der Waals surface area contributed by atoms with Crippen molar-refractivity contribution < 1.29 is 89.9 Å². The van der Waals surface area contributed by atoms with Crippen molar-refractivity contribution >= 4 is 48.0 Å². The fourth-order valence-electron chi connectivity index (χ4n) is 1.42. The lowest BCUT2D eigenvalue weighted by Crippen LogP contribution is -3.00. The van der Waals surface area contributed by atoms with Gasteiger partial charge in [-0.1, -0.05) is 32.9 Å². The second kappa shape index (κ2) is 35.8. The number of carbonyl (C=O) groups excluding carboxylic acids is 5. The van der Waals surface area contributed by atoms with Gasteiger partial charge in [0.1, 0.15) is 0 Å². The maximum Gasteiger partial charge on any atom is 0.511 e. The van der Waals surface area contributed by atoms with Gasteiger partial charge in [-0.25, -0.2) is 19.2 Å². The van der Waals surface area contributed by atoms with E-state index in [2.05, 4.69) is 43.6 Å². The molecule has 0 radical (unpaired) electrons. The van der Waals surface area contributed by atoms with Crippen LogP contribution >= 0.6 is 11.6 Å². The Bertz CT molecular complexity index is 684. The van der Waals surface area contributed by atoms with Crippen LogP contribution in [0.2, 0.25) is 0 Å². The molecule has 4 N–H and O–H groups in total. The van der Waals surface area contributed by atoms with Crippen LogP contribution in [0.25, 0.3) is 0 Å². The predicted molar refractivity (Wildman–Crippen MR) is 143 cm³/mol. The molecule has 18 heteroatoms. The molecule has 0 rings (SSSR count). The molecular formula is C24H47Cl2NO15. The molecule has 0 aromatic rings. The van der Waals surface area contributed by atoms with E-state index in [1.165, 1.54) is 13.8 Å². The van der Waals surface area contributed by atoms with Crippen molar-refractivity contribution in [3.63, 3.8) is 0 Å². The van der Waals surface area contributed by atoms with Crippen LogP contribution in [0.15, 0.2) is 0 Å². The number of carboxylic acids is 1. The molecule has 42 heavy (non-hydrogen) atoms. The van der Waals surface area contributed by atoms with Gasteiger partial charge in [0.2, 0.25) is 12.6 Å². The van der Waals surface area contributed by atoms with E-state index in [1.54, 1.807) is 41.5 Å². The molecule has 16 nitrogen and oxygen atoms in total. The van der Waals surface area contributed by atoms with Crippen LogP contribution in [0.3, 0.4) is 0 Å². The van der Waals surface area contributed by atoms with Crippen LogP contribution < -0.4 is 18.1 Å². The highest BCUT2D eigenvalue weighted by Crippen LogP contribution is 1.99. The van der Waals surface area contributed by atoms with E-state index in [-0.39, 0.29) is 52.4 Å². The van der Waals surface area contributed by atoms with Crippen LogP contribution in [0.5, 0.6) is 0 Å². The van der Waals surface area contributed by atoms with Gasteiger partial charge in [-0.3, -0.25) is 9.59 Å². The van der Waals surface area contributed by atoms with Crippen molar-refractivity contribution in [2.75, 3.05) is 26.4 Å². The molecule has 0 saturated carbocycles. The number of hydrogen-bond donors (Lipinski definition) is 2. The molecule has 3 atom stereocenters. The first-order valence-electron chi connectivity index (χ1n) is 12.2. The Hall–Kier alpha value is -3.24. The van der Waals surface area contributed by atoms with Crippen molar-refractivity contribution in [2.45, 2.75) is 93.8 Å². The molecule has 252 valence electrons. The molecule has 0 bridgehead atoms. The third-order valence-electron chi connectivity index (χ3n) is 2.96. The number of halogens is 2. The van der Waals surface area contributed by atoms with Crippen molar-refractivity contribution in [2.24, 2.45) is 0 Å². The van der Waals surface area contributed by atoms with Crippen LogP contribution in [0.1, 0.15) is 75.7 Å². The van der Waals surface area contributed by atoms with Crippen LogP contribution in [0.4, 0.5) is 14.4 Å². The lowest BCUT2D eigenvalue weighted by Gasteiger charge is -2.12. The van der Waals surface area contributed by atoms with Gasteiger partial charge >= 0.3 is 36.4 Å². The lowest BCUT2D eigenvalue weighted by molar-refractivity contribution is -0.361. The van der Waals surface area contributed by atoms with E-state index in [0.717, 1.165) is 0 Å². The van der Waals surface area contributed by atoms with Gasteiger partial charge < -0.3 is 61.1 Å². The maximum absolute atomic E-state index is 10.7. The van der Waals surface area contributed by atoms with Gasteiger partial charge in [0.15, 0.2) is 12.1 Å². The minimum absolute atomic E-state index is 0. The molecule has 0 amide bonds. The fourth-order valence-corrected chi connectivity index (χ4v) is 1.49. The number of carbonyl (C=O) groups is 6. The minimum atomic E-state index is -0.937. The monoisotopic (exact) mass is 659 g/mol. The number of hydrogen-bond acceptors (Lipinski definition) is 14.